The van der Waals surface area contributed by atoms with E-state index in [4.69, 9.17) is 0 Å². The Hall–Kier alpha value is -1.84. The highest BCUT2D eigenvalue weighted by Gasteiger charge is 2.22. The number of rotatable bonds is 3. The maximum atomic E-state index is 11.9. The molecule has 1 aromatic carbocycles. The van der Waals surface area contributed by atoms with Gasteiger partial charge in [0.25, 0.3) is 0 Å². The minimum absolute atomic E-state index is 0.0312. The lowest BCUT2D eigenvalue weighted by Crippen LogP contribution is -2.49. The van der Waals surface area contributed by atoms with Gasteiger partial charge in [-0.3, -0.25) is 9.59 Å². The van der Waals surface area contributed by atoms with E-state index in [1.807, 2.05) is 0 Å². The number of benzene rings is 1. The molecule has 0 N–H and O–H groups in total. The van der Waals surface area contributed by atoms with E-state index in [0.29, 0.717) is 13.1 Å². The highest BCUT2D eigenvalue weighted by Crippen LogP contribution is 2.23. The van der Waals surface area contributed by atoms with Gasteiger partial charge in [-0.25, -0.2) is 0 Å². The lowest BCUT2D eigenvalue weighted by Gasteiger charge is -2.37. The molecule has 0 atom stereocenters. The van der Waals surface area contributed by atoms with Crippen molar-refractivity contribution in [2.24, 2.45) is 0 Å². The first-order valence-electron chi connectivity index (χ1n) is 7.07. The number of aryl methyl sites for hydroxylation is 1. The zero-order valence-electron chi connectivity index (χ0n) is 12.5. The second kappa shape index (κ2) is 6.07. The molecule has 1 aromatic rings. The van der Waals surface area contributed by atoms with E-state index in [9.17, 15) is 9.59 Å². The summed E-state index contributed by atoms with van der Waals surface area (Å²) in [5.41, 5.74) is 3.84. The van der Waals surface area contributed by atoms with Gasteiger partial charge in [-0.15, -0.1) is 0 Å². The third-order valence-electron chi connectivity index (χ3n) is 3.95. The predicted octanol–water partition coefficient (Wildman–Crippen LogP) is 1.93. The van der Waals surface area contributed by atoms with Crippen LogP contribution >= 0.6 is 0 Å². The topological polar surface area (TPSA) is 40.6 Å². The molecular weight excluding hydrogens is 252 g/mol. The molecule has 0 radical (unpaired) electrons. The third-order valence-corrected chi connectivity index (χ3v) is 3.95. The fraction of sp³-hybridized carbons (Fsp3) is 0.500. The minimum atomic E-state index is -0.0630. The van der Waals surface area contributed by atoms with E-state index in [0.717, 1.165) is 13.1 Å². The molecule has 0 spiro atoms. The first-order chi connectivity index (χ1) is 9.49. The van der Waals surface area contributed by atoms with Crippen LogP contribution in [0.2, 0.25) is 0 Å². The number of amides is 1. The van der Waals surface area contributed by atoms with Crippen LogP contribution in [0.5, 0.6) is 0 Å². The Morgan fingerprint density at radius 3 is 2.35 bits per heavy atom. The summed E-state index contributed by atoms with van der Waals surface area (Å²) < 4.78 is 0. The number of ketones is 1. The summed E-state index contributed by atoms with van der Waals surface area (Å²) in [5, 5.41) is 0. The number of hydrogen-bond acceptors (Lipinski definition) is 3. The van der Waals surface area contributed by atoms with Crippen molar-refractivity contribution in [3.8, 4) is 0 Å². The third kappa shape index (κ3) is 3.18. The van der Waals surface area contributed by atoms with Crippen molar-refractivity contribution in [2.45, 2.75) is 27.2 Å². The molecule has 1 aliphatic rings. The van der Waals surface area contributed by atoms with E-state index in [2.05, 4.69) is 36.9 Å². The number of carbonyl (C=O) groups is 2. The minimum Gasteiger partial charge on any atom is -0.368 e. The van der Waals surface area contributed by atoms with Gasteiger partial charge in [0, 0.05) is 31.9 Å². The molecule has 4 heteroatoms. The molecule has 1 fully saturated rings. The Balaban J connectivity index is 1.99. The van der Waals surface area contributed by atoms with Crippen molar-refractivity contribution >= 4 is 17.4 Å². The van der Waals surface area contributed by atoms with Gasteiger partial charge in [0.05, 0.1) is 6.42 Å². The molecule has 108 valence electrons. The summed E-state index contributed by atoms with van der Waals surface area (Å²) in [7, 11) is 0. The van der Waals surface area contributed by atoms with Gasteiger partial charge in [0.1, 0.15) is 5.78 Å². The van der Waals surface area contributed by atoms with E-state index in [1.54, 1.807) is 4.90 Å². The Morgan fingerprint density at radius 2 is 1.75 bits per heavy atom. The molecule has 1 aliphatic heterocycles. The van der Waals surface area contributed by atoms with E-state index >= 15 is 0 Å². The number of Topliss-reactive ketones (excluding diaryl/α,β-unsaturated/α-hetero) is 1. The summed E-state index contributed by atoms with van der Waals surface area (Å²) in [6, 6.07) is 6.33. The molecule has 1 amide bonds. The number of anilines is 1. The molecule has 0 bridgehead atoms. The van der Waals surface area contributed by atoms with Crippen molar-refractivity contribution in [2.75, 3.05) is 31.1 Å². The van der Waals surface area contributed by atoms with Crippen LogP contribution in [0, 0.1) is 13.8 Å². The second-order valence-corrected chi connectivity index (χ2v) is 5.47. The maximum Gasteiger partial charge on any atom is 0.230 e. The standard InChI is InChI=1S/C16H22N2O2/c1-12-5-4-6-15(14(12)3)17-7-9-18(10-8-17)16(20)11-13(2)19/h4-6H,7-11H2,1-3H3. The van der Waals surface area contributed by atoms with E-state index in [1.165, 1.54) is 23.7 Å². The van der Waals surface area contributed by atoms with Crippen LogP contribution < -0.4 is 4.90 Å². The van der Waals surface area contributed by atoms with Crippen molar-refractivity contribution in [1.82, 2.24) is 4.90 Å². The number of piperazine rings is 1. The fourth-order valence-electron chi connectivity index (χ4n) is 2.60. The van der Waals surface area contributed by atoms with Crippen molar-refractivity contribution in [1.29, 1.82) is 0 Å². The SMILES string of the molecule is CC(=O)CC(=O)N1CCN(c2cccc(C)c2C)CC1. The molecule has 1 heterocycles. The molecule has 0 saturated carbocycles. The largest absolute Gasteiger partial charge is 0.368 e. The highest BCUT2D eigenvalue weighted by atomic mass is 16.2. The van der Waals surface area contributed by atoms with Crippen LogP contribution in [0.15, 0.2) is 18.2 Å². The Kier molecular flexibility index (Phi) is 4.42. The van der Waals surface area contributed by atoms with Crippen LogP contribution in [0.25, 0.3) is 0 Å². The predicted molar refractivity (Wildman–Crippen MR) is 80.0 cm³/mol. The van der Waals surface area contributed by atoms with Crippen molar-refractivity contribution < 1.29 is 9.59 Å². The van der Waals surface area contributed by atoms with Gasteiger partial charge in [-0.05, 0) is 38.0 Å². The lowest BCUT2D eigenvalue weighted by molar-refractivity contribution is -0.135. The van der Waals surface area contributed by atoms with Crippen LogP contribution in [0.1, 0.15) is 24.5 Å². The van der Waals surface area contributed by atoms with Crippen LogP contribution in [-0.2, 0) is 9.59 Å². The number of hydrogen-bond donors (Lipinski definition) is 0. The molecule has 1 saturated heterocycles. The molecule has 2 rings (SSSR count). The number of carbonyl (C=O) groups excluding carboxylic acids is 2. The van der Waals surface area contributed by atoms with Gasteiger partial charge in [0.2, 0.25) is 5.91 Å². The summed E-state index contributed by atoms with van der Waals surface area (Å²) in [6.07, 6.45) is 0.0312. The quantitative estimate of drug-likeness (QED) is 0.791. The summed E-state index contributed by atoms with van der Waals surface area (Å²) >= 11 is 0. The lowest BCUT2D eigenvalue weighted by atomic mass is 10.1. The number of nitrogens with zero attached hydrogens (tertiary/aromatic N) is 2. The van der Waals surface area contributed by atoms with Crippen LogP contribution in [0.3, 0.4) is 0 Å². The zero-order chi connectivity index (χ0) is 14.7. The van der Waals surface area contributed by atoms with Gasteiger partial charge < -0.3 is 9.80 Å². The van der Waals surface area contributed by atoms with E-state index < -0.39 is 0 Å². The summed E-state index contributed by atoms with van der Waals surface area (Å²) in [6.45, 7) is 8.76. The molecule has 0 unspecified atom stereocenters. The van der Waals surface area contributed by atoms with Gasteiger partial charge in [0.15, 0.2) is 0 Å². The molecule has 4 nitrogen and oxygen atoms in total. The molecule has 0 aromatic heterocycles. The zero-order valence-corrected chi connectivity index (χ0v) is 12.5. The van der Waals surface area contributed by atoms with Gasteiger partial charge in [-0.1, -0.05) is 12.1 Å². The summed E-state index contributed by atoms with van der Waals surface area (Å²) in [4.78, 5) is 27.0. The average Bonchev–Trinajstić information content (AvgIpc) is 2.41. The first-order valence-corrected chi connectivity index (χ1v) is 7.07. The second-order valence-electron chi connectivity index (χ2n) is 5.47. The molecule has 0 aliphatic carbocycles. The fourth-order valence-corrected chi connectivity index (χ4v) is 2.60. The van der Waals surface area contributed by atoms with Gasteiger partial charge in [-0.2, -0.15) is 0 Å². The summed E-state index contributed by atoms with van der Waals surface area (Å²) in [5.74, 6) is -0.106. The average molecular weight is 274 g/mol. The van der Waals surface area contributed by atoms with Gasteiger partial charge >= 0.3 is 0 Å². The van der Waals surface area contributed by atoms with Crippen LogP contribution in [-0.4, -0.2) is 42.8 Å². The normalized spacial score (nSPS) is 15.3. The van der Waals surface area contributed by atoms with E-state index in [-0.39, 0.29) is 18.1 Å². The Morgan fingerprint density at radius 1 is 1.10 bits per heavy atom. The smallest absolute Gasteiger partial charge is 0.230 e. The van der Waals surface area contributed by atoms with Crippen molar-refractivity contribution in [3.63, 3.8) is 0 Å². The van der Waals surface area contributed by atoms with Crippen molar-refractivity contribution in [3.05, 3.63) is 29.3 Å². The highest BCUT2D eigenvalue weighted by molar-refractivity contribution is 5.96. The Labute approximate surface area is 120 Å². The molecular formula is C16H22N2O2. The Bertz CT molecular complexity index is 517. The van der Waals surface area contributed by atoms with Crippen LogP contribution in [0.4, 0.5) is 5.69 Å². The first kappa shape index (κ1) is 14.6. The monoisotopic (exact) mass is 274 g/mol. The molecule has 20 heavy (non-hydrogen) atoms. The maximum absolute atomic E-state index is 11.9.